The molecule has 2 aliphatic heterocycles. The molecule has 5 rings (SSSR count). The molecule has 0 N–H and O–H groups in total. The van der Waals surface area contributed by atoms with Gasteiger partial charge in [-0.1, -0.05) is 54.8 Å². The van der Waals surface area contributed by atoms with Crippen molar-refractivity contribution >= 4 is 52.9 Å². The van der Waals surface area contributed by atoms with Gasteiger partial charge in [0.25, 0.3) is 0 Å². The summed E-state index contributed by atoms with van der Waals surface area (Å²) in [6.45, 7) is 3.70. The van der Waals surface area contributed by atoms with E-state index in [1.165, 1.54) is 12.8 Å². The summed E-state index contributed by atoms with van der Waals surface area (Å²) in [6.07, 6.45) is 3.53. The van der Waals surface area contributed by atoms with E-state index in [0.717, 1.165) is 48.2 Å². The Labute approximate surface area is 215 Å². The van der Waals surface area contributed by atoms with Crippen LogP contribution in [0.3, 0.4) is 0 Å². The minimum Gasteiger partial charge on any atom is -0.430 e. The number of fused-ring (bicyclic) bond motifs is 1. The van der Waals surface area contributed by atoms with Crippen LogP contribution in [0.2, 0.25) is 5.02 Å². The topological polar surface area (TPSA) is 66.4 Å². The first-order chi connectivity index (χ1) is 17.0. The van der Waals surface area contributed by atoms with Crippen LogP contribution in [-0.2, 0) is 16.3 Å². The quantitative estimate of drug-likeness (QED) is 0.297. The number of hydrogen-bond donors (Lipinski definition) is 0. The number of aliphatic imine (C=N–C) groups is 1. The fraction of sp³-hybridized carbons (Fsp3) is 0.269. The number of nitriles is 1. The van der Waals surface area contributed by atoms with Gasteiger partial charge in [-0.15, -0.1) is 0 Å². The second-order valence-electron chi connectivity index (χ2n) is 8.62. The van der Waals surface area contributed by atoms with Crippen molar-refractivity contribution in [2.45, 2.75) is 32.6 Å². The SMILES string of the molecule is Cc1nn(-c2ccccc2)c2c1P(=S)(N1CCCCCC1)OC(/C(C#N)=C/c1ccc(Cl)cc1)=N2. The first kappa shape index (κ1) is 24.0. The Morgan fingerprint density at radius 2 is 1.77 bits per heavy atom. The van der Waals surface area contributed by atoms with E-state index in [4.69, 9.17) is 38.0 Å². The van der Waals surface area contributed by atoms with E-state index in [1.54, 1.807) is 18.2 Å². The lowest BCUT2D eigenvalue weighted by Crippen LogP contribution is -2.32. The summed E-state index contributed by atoms with van der Waals surface area (Å²) in [4.78, 5) is 4.85. The highest BCUT2D eigenvalue weighted by molar-refractivity contribution is 8.15. The number of aryl methyl sites for hydroxylation is 1. The minimum atomic E-state index is -2.74. The first-order valence-corrected chi connectivity index (χ1v) is 14.7. The monoisotopic (exact) mass is 521 g/mol. The molecule has 3 heterocycles. The Morgan fingerprint density at radius 3 is 2.43 bits per heavy atom. The predicted octanol–water partition coefficient (Wildman–Crippen LogP) is 6.31. The van der Waals surface area contributed by atoms with Crippen LogP contribution in [0.4, 0.5) is 5.82 Å². The summed E-state index contributed by atoms with van der Waals surface area (Å²) < 4.78 is 10.7. The van der Waals surface area contributed by atoms with Gasteiger partial charge in [0.15, 0.2) is 5.82 Å². The normalized spacial score (nSPS) is 20.8. The smallest absolute Gasteiger partial charge is 0.238 e. The van der Waals surface area contributed by atoms with Crippen molar-refractivity contribution in [3.8, 4) is 11.8 Å². The molecule has 178 valence electrons. The molecule has 0 spiro atoms. The van der Waals surface area contributed by atoms with Crippen molar-refractivity contribution in [1.82, 2.24) is 14.5 Å². The molecule has 2 aromatic carbocycles. The van der Waals surface area contributed by atoms with Crippen LogP contribution in [0.5, 0.6) is 0 Å². The number of rotatable bonds is 4. The first-order valence-electron chi connectivity index (χ1n) is 11.7. The largest absolute Gasteiger partial charge is 0.430 e. The lowest BCUT2D eigenvalue weighted by Gasteiger charge is -2.36. The van der Waals surface area contributed by atoms with Crippen molar-refractivity contribution in [1.29, 1.82) is 5.26 Å². The van der Waals surface area contributed by atoms with Gasteiger partial charge in [0.05, 0.1) is 11.4 Å². The summed E-state index contributed by atoms with van der Waals surface area (Å²) in [7, 11) is 0. The fourth-order valence-corrected chi connectivity index (χ4v) is 8.45. The van der Waals surface area contributed by atoms with Crippen LogP contribution in [-0.4, -0.2) is 33.4 Å². The van der Waals surface area contributed by atoms with E-state index in [-0.39, 0.29) is 5.90 Å². The van der Waals surface area contributed by atoms with Crippen molar-refractivity contribution in [3.05, 3.63) is 76.5 Å². The Bertz CT molecular complexity index is 1380. The Morgan fingerprint density at radius 1 is 1.09 bits per heavy atom. The minimum absolute atomic E-state index is 0.250. The average Bonchev–Trinajstić information content (AvgIpc) is 3.03. The zero-order chi connectivity index (χ0) is 24.4. The van der Waals surface area contributed by atoms with Gasteiger partial charge in [-0.2, -0.15) is 15.4 Å². The zero-order valence-corrected chi connectivity index (χ0v) is 21.9. The van der Waals surface area contributed by atoms with Gasteiger partial charge in [-0.05, 0) is 67.5 Å². The van der Waals surface area contributed by atoms with E-state index < -0.39 is 6.42 Å². The number of hydrogen-bond acceptors (Lipinski definition) is 5. The van der Waals surface area contributed by atoms with Gasteiger partial charge in [-0.3, -0.25) is 0 Å². The maximum Gasteiger partial charge on any atom is 0.238 e. The summed E-state index contributed by atoms with van der Waals surface area (Å²) in [5.41, 5.74) is 2.86. The molecule has 0 saturated carbocycles. The molecule has 6 nitrogen and oxygen atoms in total. The van der Waals surface area contributed by atoms with E-state index in [0.29, 0.717) is 16.4 Å². The summed E-state index contributed by atoms with van der Waals surface area (Å²) in [5.74, 6) is 0.902. The lowest BCUT2D eigenvalue weighted by molar-refractivity contribution is 0.425. The third-order valence-electron chi connectivity index (χ3n) is 6.19. The molecule has 2 aliphatic rings. The number of para-hydroxylation sites is 1. The molecule has 0 aliphatic carbocycles. The van der Waals surface area contributed by atoms with E-state index >= 15 is 0 Å². The number of nitrogens with zero attached hydrogens (tertiary/aromatic N) is 5. The average molecular weight is 522 g/mol. The Hall–Kier alpha value is -2.75. The summed E-state index contributed by atoms with van der Waals surface area (Å²) in [6, 6.07) is 19.5. The van der Waals surface area contributed by atoms with Crippen LogP contribution >= 0.6 is 18.0 Å². The molecule has 9 heteroatoms. The van der Waals surface area contributed by atoms with Gasteiger partial charge < -0.3 is 4.52 Å². The maximum atomic E-state index is 10.1. The molecule has 1 unspecified atom stereocenters. The molecule has 3 aromatic rings. The molecular formula is C26H25ClN5OPS. The van der Waals surface area contributed by atoms with Crippen molar-refractivity contribution < 1.29 is 4.52 Å². The zero-order valence-electron chi connectivity index (χ0n) is 19.4. The molecular weight excluding hydrogens is 497 g/mol. The van der Waals surface area contributed by atoms with E-state index in [9.17, 15) is 5.26 Å². The predicted molar refractivity (Wildman–Crippen MR) is 145 cm³/mol. The second-order valence-corrected chi connectivity index (χ2v) is 12.8. The number of benzene rings is 2. The lowest BCUT2D eigenvalue weighted by atomic mass is 10.1. The molecule has 0 radical (unpaired) electrons. The van der Waals surface area contributed by atoms with Gasteiger partial charge in [-0.25, -0.2) is 9.35 Å². The van der Waals surface area contributed by atoms with Crippen LogP contribution in [0.25, 0.3) is 11.8 Å². The van der Waals surface area contributed by atoms with Crippen LogP contribution in [0.15, 0.2) is 65.2 Å². The summed E-state index contributed by atoms with van der Waals surface area (Å²) in [5, 5.41) is 16.4. The fourth-order valence-electron chi connectivity index (χ4n) is 4.46. The highest BCUT2D eigenvalue weighted by Gasteiger charge is 2.42. The molecule has 0 bridgehead atoms. The van der Waals surface area contributed by atoms with Crippen LogP contribution in [0, 0.1) is 18.3 Å². The molecule has 1 aromatic heterocycles. The van der Waals surface area contributed by atoms with E-state index in [1.807, 2.05) is 54.1 Å². The highest BCUT2D eigenvalue weighted by atomic mass is 35.5. The molecule has 1 saturated heterocycles. The van der Waals surface area contributed by atoms with Gasteiger partial charge in [0, 0.05) is 18.1 Å². The standard InChI is InChI=1S/C26H25ClN5OPS/c1-19-24-25(32(30-19)23-9-5-4-6-10-23)29-26(21(18-28)17-20-11-13-22(27)14-12-20)33-34(24,35)31-15-7-2-3-8-16-31/h4-6,9-14,17H,2-3,7-8,15-16H2,1H3/b21-17+. The van der Waals surface area contributed by atoms with Gasteiger partial charge in [0.2, 0.25) is 12.3 Å². The third-order valence-corrected chi connectivity index (χ3v) is 10.6. The molecule has 35 heavy (non-hydrogen) atoms. The van der Waals surface area contributed by atoms with E-state index in [2.05, 4.69) is 10.7 Å². The summed E-state index contributed by atoms with van der Waals surface area (Å²) >= 11 is 12.4. The van der Waals surface area contributed by atoms with Gasteiger partial charge in [0.1, 0.15) is 16.9 Å². The van der Waals surface area contributed by atoms with Crippen LogP contribution < -0.4 is 5.30 Å². The molecule has 1 atom stereocenters. The van der Waals surface area contributed by atoms with Crippen molar-refractivity contribution in [2.24, 2.45) is 4.99 Å². The van der Waals surface area contributed by atoms with Gasteiger partial charge >= 0.3 is 0 Å². The number of aromatic nitrogens is 2. The molecule has 1 fully saturated rings. The third kappa shape index (κ3) is 4.72. The second kappa shape index (κ2) is 10.1. The Kier molecular flexibility index (Phi) is 6.91. The maximum absolute atomic E-state index is 10.1. The van der Waals surface area contributed by atoms with Crippen LogP contribution in [0.1, 0.15) is 36.9 Å². The number of halogens is 1. The van der Waals surface area contributed by atoms with Crippen molar-refractivity contribution in [3.63, 3.8) is 0 Å². The van der Waals surface area contributed by atoms with Crippen molar-refractivity contribution in [2.75, 3.05) is 13.1 Å². The Balaban J connectivity index is 1.69. The molecule has 0 amide bonds. The highest BCUT2D eigenvalue weighted by Crippen LogP contribution is 2.57.